The highest BCUT2D eigenvalue weighted by atomic mass is 32.2. The van der Waals surface area contributed by atoms with Crippen molar-refractivity contribution in [1.29, 1.82) is 0 Å². The van der Waals surface area contributed by atoms with E-state index in [0.717, 1.165) is 30.8 Å². The fourth-order valence-electron chi connectivity index (χ4n) is 1.58. The number of ether oxygens (including phenoxy) is 1. The van der Waals surface area contributed by atoms with Gasteiger partial charge in [0.05, 0.1) is 13.3 Å². The van der Waals surface area contributed by atoms with Crippen LogP contribution in [0.5, 0.6) is 0 Å². The fourth-order valence-corrected chi connectivity index (χ4v) is 2.81. The molecule has 0 radical (unpaired) electrons. The van der Waals surface area contributed by atoms with Crippen LogP contribution in [0.2, 0.25) is 0 Å². The monoisotopic (exact) mass is 318 g/mol. The maximum Gasteiger partial charge on any atom is 0.342 e. The minimum atomic E-state index is -4.23. The van der Waals surface area contributed by atoms with Gasteiger partial charge in [0, 0.05) is 13.6 Å². The third-order valence-electron chi connectivity index (χ3n) is 2.59. The number of hydrogen-bond donors (Lipinski definition) is 2. The lowest BCUT2D eigenvalue weighted by atomic mass is 10.3. The van der Waals surface area contributed by atoms with Crippen molar-refractivity contribution >= 4 is 22.0 Å². The number of esters is 1. The Balaban J connectivity index is 2.96. The average molecular weight is 318 g/mol. The summed E-state index contributed by atoms with van der Waals surface area (Å²) in [6, 6.07) is -0.861. The Hall–Kier alpha value is -2.10. The molecule has 2 amide bonds. The van der Waals surface area contributed by atoms with Crippen LogP contribution >= 0.6 is 0 Å². The highest BCUT2D eigenvalue weighted by molar-refractivity contribution is 7.90. The molecular formula is C11H18N4O5S. The van der Waals surface area contributed by atoms with Crippen molar-refractivity contribution in [2.75, 3.05) is 13.7 Å². The first-order chi connectivity index (χ1) is 9.83. The molecule has 1 heterocycles. The summed E-state index contributed by atoms with van der Waals surface area (Å²) in [6.45, 7) is 2.29. The number of nitrogens with one attached hydrogen (secondary N) is 2. The lowest BCUT2D eigenvalue weighted by molar-refractivity contribution is 0.0595. The quantitative estimate of drug-likeness (QED) is 0.562. The number of rotatable bonds is 6. The predicted molar refractivity (Wildman–Crippen MR) is 73.2 cm³/mol. The van der Waals surface area contributed by atoms with Crippen LogP contribution in [0.3, 0.4) is 0 Å². The lowest BCUT2D eigenvalue weighted by Gasteiger charge is -2.09. The van der Waals surface area contributed by atoms with E-state index in [-0.39, 0.29) is 5.56 Å². The largest absolute Gasteiger partial charge is 0.465 e. The summed E-state index contributed by atoms with van der Waals surface area (Å²) >= 11 is 0. The van der Waals surface area contributed by atoms with E-state index in [2.05, 4.69) is 15.2 Å². The molecule has 0 aliphatic carbocycles. The molecule has 0 saturated heterocycles. The number of methoxy groups -OCH3 is 1. The van der Waals surface area contributed by atoms with Crippen molar-refractivity contribution in [1.82, 2.24) is 19.8 Å². The number of unbranched alkanes of at least 4 members (excludes halogenated alkanes) is 1. The van der Waals surface area contributed by atoms with Gasteiger partial charge in [-0.25, -0.2) is 14.3 Å². The minimum absolute atomic E-state index is 0.242. The van der Waals surface area contributed by atoms with Crippen LogP contribution < -0.4 is 10.0 Å². The van der Waals surface area contributed by atoms with E-state index in [1.54, 1.807) is 0 Å². The third-order valence-corrected chi connectivity index (χ3v) is 4.03. The van der Waals surface area contributed by atoms with E-state index in [1.807, 2.05) is 11.6 Å². The molecule has 1 aromatic rings. The zero-order chi connectivity index (χ0) is 16.0. The van der Waals surface area contributed by atoms with Gasteiger partial charge >= 0.3 is 12.0 Å². The zero-order valence-electron chi connectivity index (χ0n) is 12.0. The van der Waals surface area contributed by atoms with Crippen LogP contribution in [0.25, 0.3) is 0 Å². The topological polar surface area (TPSA) is 119 Å². The Bertz CT molecular complexity index is 623. The molecule has 0 aromatic carbocycles. The summed E-state index contributed by atoms with van der Waals surface area (Å²) in [6.07, 6.45) is 2.66. The van der Waals surface area contributed by atoms with Crippen molar-refractivity contribution in [3.63, 3.8) is 0 Å². The second kappa shape index (κ2) is 7.07. The zero-order valence-corrected chi connectivity index (χ0v) is 12.9. The molecule has 2 N–H and O–H groups in total. The maximum absolute atomic E-state index is 12.2. The lowest BCUT2D eigenvalue weighted by Crippen LogP contribution is -2.40. The van der Waals surface area contributed by atoms with Crippen LogP contribution in [0.4, 0.5) is 4.79 Å². The average Bonchev–Trinajstić information content (AvgIpc) is 2.80. The Morgan fingerprint density at radius 2 is 2.10 bits per heavy atom. The molecule has 1 aromatic heterocycles. The van der Waals surface area contributed by atoms with E-state index >= 15 is 0 Å². The summed E-state index contributed by atoms with van der Waals surface area (Å²) < 4.78 is 31.6. The van der Waals surface area contributed by atoms with Gasteiger partial charge in [0.15, 0.2) is 5.03 Å². The van der Waals surface area contributed by atoms with Gasteiger partial charge in [0.2, 0.25) is 0 Å². The van der Waals surface area contributed by atoms with Crippen molar-refractivity contribution in [3.8, 4) is 0 Å². The Morgan fingerprint density at radius 3 is 2.67 bits per heavy atom. The van der Waals surface area contributed by atoms with Crippen molar-refractivity contribution in [2.24, 2.45) is 7.05 Å². The summed E-state index contributed by atoms with van der Waals surface area (Å²) in [5, 5.41) is 5.68. The Morgan fingerprint density at radius 1 is 1.43 bits per heavy atom. The van der Waals surface area contributed by atoms with Gasteiger partial charge < -0.3 is 10.1 Å². The van der Waals surface area contributed by atoms with Gasteiger partial charge in [0.1, 0.15) is 5.56 Å². The van der Waals surface area contributed by atoms with E-state index in [1.165, 1.54) is 7.05 Å². The molecule has 9 nitrogen and oxygen atoms in total. The first-order valence-electron chi connectivity index (χ1n) is 6.24. The fraction of sp³-hybridized carbons (Fsp3) is 0.545. The number of nitrogens with zero attached hydrogens (tertiary/aromatic N) is 2. The van der Waals surface area contributed by atoms with Crippen LogP contribution in [-0.2, 0) is 21.8 Å². The number of aryl methyl sites for hydroxylation is 1. The molecule has 0 spiro atoms. The second-order valence-corrected chi connectivity index (χ2v) is 5.79. The van der Waals surface area contributed by atoms with E-state index in [9.17, 15) is 18.0 Å². The van der Waals surface area contributed by atoms with Crippen LogP contribution in [0, 0.1) is 0 Å². The summed E-state index contributed by atoms with van der Waals surface area (Å²) in [7, 11) is -1.77. The highest BCUT2D eigenvalue weighted by Gasteiger charge is 2.29. The van der Waals surface area contributed by atoms with Crippen LogP contribution in [0.1, 0.15) is 30.1 Å². The molecule has 0 atom stereocenters. The maximum atomic E-state index is 12.2. The molecule has 0 aliphatic rings. The SMILES string of the molecule is CCCCNC(=O)NS(=O)(=O)c1c(C(=O)OC)cnn1C. The summed E-state index contributed by atoms with van der Waals surface area (Å²) in [5.74, 6) is -0.852. The number of carbonyl (C=O) groups excluding carboxylic acids is 2. The van der Waals surface area contributed by atoms with E-state index in [0.29, 0.717) is 6.54 Å². The van der Waals surface area contributed by atoms with Gasteiger partial charge in [-0.15, -0.1) is 0 Å². The van der Waals surface area contributed by atoms with Crippen molar-refractivity contribution in [2.45, 2.75) is 24.8 Å². The number of urea groups is 1. The third kappa shape index (κ3) is 4.18. The molecule has 0 fully saturated rings. The number of sulfonamides is 1. The Labute approximate surface area is 122 Å². The summed E-state index contributed by atoms with van der Waals surface area (Å²) in [5.41, 5.74) is -0.242. The van der Waals surface area contributed by atoms with Crippen LogP contribution in [0.15, 0.2) is 11.2 Å². The van der Waals surface area contributed by atoms with Crippen molar-refractivity contribution in [3.05, 3.63) is 11.8 Å². The highest BCUT2D eigenvalue weighted by Crippen LogP contribution is 2.15. The number of amides is 2. The van der Waals surface area contributed by atoms with Gasteiger partial charge in [-0.3, -0.25) is 4.68 Å². The first-order valence-corrected chi connectivity index (χ1v) is 7.72. The second-order valence-electron chi connectivity index (χ2n) is 4.19. The molecule has 0 aliphatic heterocycles. The Kier molecular flexibility index (Phi) is 5.70. The normalized spacial score (nSPS) is 11.0. The van der Waals surface area contributed by atoms with E-state index < -0.39 is 27.0 Å². The minimum Gasteiger partial charge on any atom is -0.465 e. The molecule has 0 unspecified atom stereocenters. The van der Waals surface area contributed by atoms with E-state index in [4.69, 9.17) is 0 Å². The molecule has 0 saturated carbocycles. The molecule has 1 rings (SSSR count). The molecule has 0 bridgehead atoms. The smallest absolute Gasteiger partial charge is 0.342 e. The molecule has 10 heteroatoms. The van der Waals surface area contributed by atoms with Gasteiger partial charge in [-0.1, -0.05) is 13.3 Å². The molecule has 21 heavy (non-hydrogen) atoms. The predicted octanol–water partition coefficient (Wildman–Crippen LogP) is -0.00530. The first kappa shape index (κ1) is 17.0. The van der Waals surface area contributed by atoms with Crippen LogP contribution in [-0.4, -0.2) is 43.9 Å². The van der Waals surface area contributed by atoms with Gasteiger partial charge in [0.25, 0.3) is 10.0 Å². The molecular weight excluding hydrogens is 300 g/mol. The summed E-state index contributed by atoms with van der Waals surface area (Å²) in [4.78, 5) is 23.1. The van der Waals surface area contributed by atoms with Gasteiger partial charge in [-0.2, -0.15) is 13.5 Å². The standard InChI is InChI=1S/C11H18N4O5S/c1-4-5-6-12-11(17)14-21(18,19)9-8(10(16)20-3)7-13-15(9)2/h7H,4-6H2,1-3H3,(H2,12,14,17). The number of hydrogen-bond acceptors (Lipinski definition) is 6. The number of aromatic nitrogens is 2. The van der Waals surface area contributed by atoms with Crippen molar-refractivity contribution < 1.29 is 22.7 Å². The van der Waals surface area contributed by atoms with Gasteiger partial charge in [-0.05, 0) is 6.42 Å². The number of carbonyl (C=O) groups is 2. The molecule has 118 valence electrons.